The summed E-state index contributed by atoms with van der Waals surface area (Å²) in [6.07, 6.45) is 0.106. The Bertz CT molecular complexity index is 437. The zero-order valence-corrected chi connectivity index (χ0v) is 11.5. The summed E-state index contributed by atoms with van der Waals surface area (Å²) in [6, 6.07) is 5.44. The van der Waals surface area contributed by atoms with Crippen LogP contribution in [0.1, 0.15) is 22.8 Å². The van der Waals surface area contributed by atoms with Gasteiger partial charge in [-0.3, -0.25) is 4.79 Å². The largest absolute Gasteiger partial charge is 0.399 e. The first-order valence-electron chi connectivity index (χ1n) is 5.85. The topological polar surface area (TPSA) is 55.6 Å². The highest BCUT2D eigenvalue weighted by Gasteiger charge is 2.23. The van der Waals surface area contributed by atoms with Crippen LogP contribution in [0.5, 0.6) is 0 Å². The second-order valence-corrected chi connectivity index (χ2v) is 4.51. The van der Waals surface area contributed by atoms with E-state index < -0.39 is 0 Å². The first-order valence-corrected chi connectivity index (χ1v) is 5.85. The Morgan fingerprint density at radius 2 is 2.22 bits per heavy atom. The third kappa shape index (κ3) is 3.15. The Hall–Kier alpha value is -1.26. The van der Waals surface area contributed by atoms with Gasteiger partial charge in [-0.15, -0.1) is 12.4 Å². The van der Waals surface area contributed by atoms with Crippen LogP contribution in [0.3, 0.4) is 0 Å². The smallest absolute Gasteiger partial charge is 0.254 e. The quantitative estimate of drug-likeness (QED) is 0.793. The van der Waals surface area contributed by atoms with Gasteiger partial charge in [0.1, 0.15) is 0 Å². The Morgan fingerprint density at radius 1 is 1.50 bits per heavy atom. The Morgan fingerprint density at radius 3 is 2.89 bits per heavy atom. The zero-order chi connectivity index (χ0) is 12.4. The standard InChI is InChI=1S/C13H18N2O2.ClH/c1-9-3-4-11(14)7-12(9)13(16)15-5-6-17-10(2)8-15;/h3-4,7,10H,5-6,8,14H2,1-2H3;1H. The van der Waals surface area contributed by atoms with Crippen LogP contribution >= 0.6 is 12.4 Å². The van der Waals surface area contributed by atoms with Crippen LogP contribution in [0, 0.1) is 6.92 Å². The molecule has 0 spiro atoms. The fourth-order valence-electron chi connectivity index (χ4n) is 2.04. The number of carbonyl (C=O) groups excluding carboxylic acids is 1. The van der Waals surface area contributed by atoms with Gasteiger partial charge in [0.25, 0.3) is 5.91 Å². The molecule has 1 aromatic carbocycles. The third-order valence-corrected chi connectivity index (χ3v) is 3.02. The molecule has 1 unspecified atom stereocenters. The lowest BCUT2D eigenvalue weighted by molar-refractivity contribution is -0.0124. The van der Waals surface area contributed by atoms with E-state index >= 15 is 0 Å². The highest BCUT2D eigenvalue weighted by molar-refractivity contribution is 5.96. The minimum absolute atomic E-state index is 0. The van der Waals surface area contributed by atoms with Crippen molar-refractivity contribution >= 4 is 24.0 Å². The van der Waals surface area contributed by atoms with Crippen LogP contribution in [0.4, 0.5) is 5.69 Å². The van der Waals surface area contributed by atoms with E-state index in [-0.39, 0.29) is 24.4 Å². The van der Waals surface area contributed by atoms with Crippen LogP contribution in [0.15, 0.2) is 18.2 Å². The van der Waals surface area contributed by atoms with Gasteiger partial charge in [-0.25, -0.2) is 0 Å². The second-order valence-electron chi connectivity index (χ2n) is 4.51. The number of rotatable bonds is 1. The number of morpholine rings is 1. The maximum Gasteiger partial charge on any atom is 0.254 e. The molecule has 1 aromatic rings. The Labute approximate surface area is 114 Å². The molecule has 2 N–H and O–H groups in total. The van der Waals surface area contributed by atoms with Crippen molar-refractivity contribution in [2.45, 2.75) is 20.0 Å². The summed E-state index contributed by atoms with van der Waals surface area (Å²) < 4.78 is 5.43. The number of ether oxygens (including phenoxy) is 1. The molecule has 4 nitrogen and oxygen atoms in total. The highest BCUT2D eigenvalue weighted by atomic mass is 35.5. The molecule has 1 atom stereocenters. The number of benzene rings is 1. The summed E-state index contributed by atoms with van der Waals surface area (Å²) in [6.45, 7) is 5.81. The molecule has 2 rings (SSSR count). The van der Waals surface area contributed by atoms with Crippen molar-refractivity contribution in [2.75, 3.05) is 25.4 Å². The van der Waals surface area contributed by atoms with Gasteiger partial charge in [-0.2, -0.15) is 0 Å². The van der Waals surface area contributed by atoms with Gasteiger partial charge < -0.3 is 15.4 Å². The van der Waals surface area contributed by atoms with Gasteiger partial charge in [0.05, 0.1) is 12.7 Å². The number of aryl methyl sites for hydroxylation is 1. The van der Waals surface area contributed by atoms with E-state index in [1.807, 2.05) is 30.9 Å². The first kappa shape index (κ1) is 14.8. The lowest BCUT2D eigenvalue weighted by Crippen LogP contribution is -2.44. The first-order chi connectivity index (χ1) is 8.08. The zero-order valence-electron chi connectivity index (χ0n) is 10.7. The van der Waals surface area contributed by atoms with E-state index in [1.165, 1.54) is 0 Å². The van der Waals surface area contributed by atoms with Gasteiger partial charge in [-0.05, 0) is 31.5 Å². The van der Waals surface area contributed by atoms with Gasteiger partial charge in [-0.1, -0.05) is 6.07 Å². The van der Waals surface area contributed by atoms with E-state index in [0.717, 1.165) is 5.56 Å². The molecule has 0 aliphatic carbocycles. The van der Waals surface area contributed by atoms with Crippen LogP contribution < -0.4 is 5.73 Å². The van der Waals surface area contributed by atoms with E-state index in [2.05, 4.69) is 0 Å². The molecule has 0 radical (unpaired) electrons. The molecule has 0 bridgehead atoms. The normalized spacial score (nSPS) is 19.2. The minimum atomic E-state index is 0. The average Bonchev–Trinajstić information content (AvgIpc) is 2.31. The maximum absolute atomic E-state index is 12.3. The number of hydrogen-bond donors (Lipinski definition) is 1. The van der Waals surface area contributed by atoms with Crippen LogP contribution in [0.2, 0.25) is 0 Å². The van der Waals surface area contributed by atoms with Crippen LogP contribution in [-0.2, 0) is 4.74 Å². The summed E-state index contributed by atoms with van der Waals surface area (Å²) >= 11 is 0. The number of hydrogen-bond acceptors (Lipinski definition) is 3. The maximum atomic E-state index is 12.3. The fourth-order valence-corrected chi connectivity index (χ4v) is 2.04. The van der Waals surface area contributed by atoms with E-state index in [1.54, 1.807) is 6.07 Å². The van der Waals surface area contributed by atoms with Gasteiger partial charge in [0.15, 0.2) is 0 Å². The van der Waals surface area contributed by atoms with Gasteiger partial charge in [0.2, 0.25) is 0 Å². The molecular weight excluding hydrogens is 252 g/mol. The molecule has 100 valence electrons. The molecule has 1 aliphatic rings. The van der Waals surface area contributed by atoms with Crippen LogP contribution in [0.25, 0.3) is 0 Å². The number of nitrogens with two attached hydrogens (primary N) is 1. The number of nitrogen functional groups attached to an aromatic ring is 1. The summed E-state index contributed by atoms with van der Waals surface area (Å²) in [5.74, 6) is 0.0463. The number of halogens is 1. The molecule has 1 saturated heterocycles. The van der Waals surface area contributed by atoms with E-state index in [9.17, 15) is 4.79 Å². The minimum Gasteiger partial charge on any atom is -0.399 e. The predicted molar refractivity (Wildman–Crippen MR) is 74.2 cm³/mol. The van der Waals surface area contributed by atoms with Crippen molar-refractivity contribution in [3.05, 3.63) is 29.3 Å². The Kier molecular flexibility index (Phi) is 4.99. The number of anilines is 1. The molecule has 0 saturated carbocycles. The van der Waals surface area contributed by atoms with Gasteiger partial charge >= 0.3 is 0 Å². The molecule has 1 heterocycles. The highest BCUT2D eigenvalue weighted by Crippen LogP contribution is 2.16. The van der Waals surface area contributed by atoms with Gasteiger partial charge in [0, 0.05) is 24.3 Å². The third-order valence-electron chi connectivity index (χ3n) is 3.02. The average molecular weight is 271 g/mol. The molecule has 1 aliphatic heterocycles. The van der Waals surface area contributed by atoms with Crippen LogP contribution in [-0.4, -0.2) is 36.6 Å². The number of carbonyl (C=O) groups is 1. The molecule has 18 heavy (non-hydrogen) atoms. The van der Waals surface area contributed by atoms with Crippen molar-refractivity contribution in [3.8, 4) is 0 Å². The van der Waals surface area contributed by atoms with Crippen molar-refractivity contribution in [1.82, 2.24) is 4.90 Å². The molecule has 1 amide bonds. The lowest BCUT2D eigenvalue weighted by atomic mass is 10.1. The van der Waals surface area contributed by atoms with Crippen molar-refractivity contribution < 1.29 is 9.53 Å². The summed E-state index contributed by atoms with van der Waals surface area (Å²) in [5.41, 5.74) is 8.01. The summed E-state index contributed by atoms with van der Waals surface area (Å²) in [7, 11) is 0. The van der Waals surface area contributed by atoms with E-state index in [4.69, 9.17) is 10.5 Å². The predicted octanol–water partition coefficient (Wildman–Crippen LogP) is 1.86. The Balaban J connectivity index is 0.00000162. The number of amides is 1. The van der Waals surface area contributed by atoms with Crippen molar-refractivity contribution in [2.24, 2.45) is 0 Å². The SMILES string of the molecule is Cc1ccc(N)cc1C(=O)N1CCOC(C)C1.Cl. The summed E-state index contributed by atoms with van der Waals surface area (Å²) in [5, 5.41) is 0. The summed E-state index contributed by atoms with van der Waals surface area (Å²) in [4.78, 5) is 14.2. The van der Waals surface area contributed by atoms with E-state index in [0.29, 0.717) is 30.9 Å². The molecular formula is C13H19ClN2O2. The number of nitrogens with zero attached hydrogens (tertiary/aromatic N) is 1. The molecule has 0 aromatic heterocycles. The molecule has 5 heteroatoms. The fraction of sp³-hybridized carbons (Fsp3) is 0.462. The molecule has 1 fully saturated rings. The lowest BCUT2D eigenvalue weighted by Gasteiger charge is -2.31. The second kappa shape index (κ2) is 6.07. The monoisotopic (exact) mass is 270 g/mol. The van der Waals surface area contributed by atoms with Crippen molar-refractivity contribution in [3.63, 3.8) is 0 Å². The van der Waals surface area contributed by atoms with Crippen molar-refractivity contribution in [1.29, 1.82) is 0 Å².